The van der Waals surface area contributed by atoms with Crippen LogP contribution in [0.3, 0.4) is 0 Å². The molecule has 0 saturated heterocycles. The molecule has 0 radical (unpaired) electrons. The van der Waals surface area contributed by atoms with Crippen molar-refractivity contribution in [1.82, 2.24) is 0 Å². The molecule has 14 heavy (non-hydrogen) atoms. The summed E-state index contributed by atoms with van der Waals surface area (Å²) in [5, 5.41) is 0. The third kappa shape index (κ3) is 1.45. The van der Waals surface area contributed by atoms with Gasteiger partial charge in [-0.1, -0.05) is 12.1 Å². The molecular formula is C12H13FO. The molecule has 74 valence electrons. The van der Waals surface area contributed by atoms with E-state index in [2.05, 4.69) is 0 Å². The van der Waals surface area contributed by atoms with Crippen LogP contribution in [0.2, 0.25) is 0 Å². The molecule has 1 aliphatic carbocycles. The van der Waals surface area contributed by atoms with Crippen LogP contribution in [-0.4, -0.2) is 5.78 Å². The molecule has 0 N–H and O–H groups in total. The van der Waals surface area contributed by atoms with Gasteiger partial charge in [0, 0.05) is 11.5 Å². The largest absolute Gasteiger partial charge is 0.294 e. The molecule has 2 heteroatoms. The minimum atomic E-state index is -0.239. The summed E-state index contributed by atoms with van der Waals surface area (Å²) in [5.41, 5.74) is 1.67. The van der Waals surface area contributed by atoms with Crippen molar-refractivity contribution >= 4 is 5.78 Å². The fourth-order valence-corrected chi connectivity index (χ4v) is 1.65. The predicted octanol–water partition coefficient (Wildman–Crippen LogP) is 3.04. The van der Waals surface area contributed by atoms with Gasteiger partial charge in [0.05, 0.1) is 0 Å². The smallest absolute Gasteiger partial charge is 0.166 e. The van der Waals surface area contributed by atoms with Gasteiger partial charge in [0.1, 0.15) is 5.82 Å². The van der Waals surface area contributed by atoms with Gasteiger partial charge in [-0.25, -0.2) is 4.39 Å². The first kappa shape index (κ1) is 9.38. The Morgan fingerprint density at radius 1 is 1.36 bits per heavy atom. The van der Waals surface area contributed by atoms with Gasteiger partial charge in [-0.15, -0.1) is 0 Å². The maximum Gasteiger partial charge on any atom is 0.166 e. The number of Topliss-reactive ketones (excluding diaryl/α,β-unsaturated/α-hetero) is 1. The van der Waals surface area contributed by atoms with Crippen molar-refractivity contribution in [1.29, 1.82) is 0 Å². The first-order chi connectivity index (χ1) is 6.61. The molecule has 0 bridgehead atoms. The summed E-state index contributed by atoms with van der Waals surface area (Å²) < 4.78 is 13.5. The number of hydrogen-bond acceptors (Lipinski definition) is 1. The third-order valence-electron chi connectivity index (χ3n) is 2.79. The van der Waals surface area contributed by atoms with Gasteiger partial charge in [-0.3, -0.25) is 4.79 Å². The Labute approximate surface area is 82.9 Å². The maximum atomic E-state index is 13.5. The highest BCUT2D eigenvalue weighted by atomic mass is 19.1. The van der Waals surface area contributed by atoms with Gasteiger partial charge in [-0.2, -0.15) is 0 Å². The average Bonchev–Trinajstić information content (AvgIpc) is 2.97. The lowest BCUT2D eigenvalue weighted by molar-refractivity contribution is 0.0966. The lowest BCUT2D eigenvalue weighted by Crippen LogP contribution is -2.06. The Morgan fingerprint density at radius 3 is 2.57 bits per heavy atom. The van der Waals surface area contributed by atoms with Crippen LogP contribution in [0.4, 0.5) is 4.39 Å². The summed E-state index contributed by atoms with van der Waals surface area (Å²) in [5.74, 6) is 0.0358. The van der Waals surface area contributed by atoms with Crippen LogP contribution in [0.25, 0.3) is 0 Å². The number of halogens is 1. The van der Waals surface area contributed by atoms with Gasteiger partial charge >= 0.3 is 0 Å². The lowest BCUT2D eigenvalue weighted by atomic mass is 9.99. The van der Waals surface area contributed by atoms with Crippen molar-refractivity contribution in [2.75, 3.05) is 0 Å². The number of ketones is 1. The van der Waals surface area contributed by atoms with E-state index in [0.717, 1.165) is 12.8 Å². The minimum Gasteiger partial charge on any atom is -0.294 e. The van der Waals surface area contributed by atoms with E-state index in [4.69, 9.17) is 0 Å². The second kappa shape index (κ2) is 3.19. The molecule has 0 unspecified atom stereocenters. The van der Waals surface area contributed by atoms with Gasteiger partial charge in [0.2, 0.25) is 0 Å². The molecule has 0 aliphatic heterocycles. The van der Waals surface area contributed by atoms with Crippen LogP contribution in [0.5, 0.6) is 0 Å². The van der Waals surface area contributed by atoms with Crippen LogP contribution < -0.4 is 0 Å². The van der Waals surface area contributed by atoms with Crippen molar-refractivity contribution in [2.45, 2.75) is 26.7 Å². The van der Waals surface area contributed by atoms with E-state index >= 15 is 0 Å². The number of carbonyl (C=O) groups excluding carboxylic acids is 1. The Kier molecular flexibility index (Phi) is 2.14. The number of carbonyl (C=O) groups is 1. The molecule has 0 aromatic heterocycles. The van der Waals surface area contributed by atoms with Crippen molar-refractivity contribution < 1.29 is 9.18 Å². The SMILES string of the molecule is Cc1ccc(C(=O)C2CC2)c(C)c1F. The molecule has 1 saturated carbocycles. The highest BCUT2D eigenvalue weighted by Gasteiger charge is 2.31. The zero-order chi connectivity index (χ0) is 10.3. The first-order valence-electron chi connectivity index (χ1n) is 4.91. The Morgan fingerprint density at radius 2 is 2.00 bits per heavy atom. The van der Waals surface area contributed by atoms with Crippen LogP contribution >= 0.6 is 0 Å². The maximum absolute atomic E-state index is 13.5. The fourth-order valence-electron chi connectivity index (χ4n) is 1.65. The van der Waals surface area contributed by atoms with Crippen molar-refractivity contribution in [3.05, 3.63) is 34.6 Å². The van der Waals surface area contributed by atoms with Gasteiger partial charge < -0.3 is 0 Å². The minimum absolute atomic E-state index is 0.112. The van der Waals surface area contributed by atoms with E-state index in [1.165, 1.54) is 0 Å². The van der Waals surface area contributed by atoms with Crippen molar-refractivity contribution in [2.24, 2.45) is 5.92 Å². The van der Waals surface area contributed by atoms with E-state index in [0.29, 0.717) is 16.7 Å². The molecule has 1 aliphatic rings. The van der Waals surface area contributed by atoms with Crippen molar-refractivity contribution in [3.63, 3.8) is 0 Å². The zero-order valence-electron chi connectivity index (χ0n) is 8.43. The van der Waals surface area contributed by atoms with Crippen LogP contribution in [-0.2, 0) is 0 Å². The number of benzene rings is 1. The van der Waals surface area contributed by atoms with E-state index < -0.39 is 0 Å². The summed E-state index contributed by atoms with van der Waals surface area (Å²) in [6.07, 6.45) is 1.93. The van der Waals surface area contributed by atoms with Gasteiger partial charge in [0.15, 0.2) is 5.78 Å². The van der Waals surface area contributed by atoms with E-state index in [9.17, 15) is 9.18 Å². The Bertz CT molecular complexity index is 392. The quantitative estimate of drug-likeness (QED) is 0.658. The molecule has 0 atom stereocenters. The topological polar surface area (TPSA) is 17.1 Å². The predicted molar refractivity (Wildman–Crippen MR) is 52.9 cm³/mol. The van der Waals surface area contributed by atoms with E-state index in [-0.39, 0.29) is 17.5 Å². The second-order valence-corrected chi connectivity index (χ2v) is 4.01. The zero-order valence-corrected chi connectivity index (χ0v) is 8.43. The van der Waals surface area contributed by atoms with Crippen LogP contribution in [0.15, 0.2) is 12.1 Å². The molecule has 1 fully saturated rings. The molecule has 1 aromatic carbocycles. The molecule has 1 nitrogen and oxygen atoms in total. The Balaban J connectivity index is 2.43. The molecule has 1 aromatic rings. The molecule has 0 spiro atoms. The lowest BCUT2D eigenvalue weighted by Gasteiger charge is -2.06. The standard InChI is InChI=1S/C12H13FO/c1-7-3-6-10(8(2)11(7)13)12(14)9-4-5-9/h3,6,9H,4-5H2,1-2H3. The third-order valence-corrected chi connectivity index (χ3v) is 2.79. The van der Waals surface area contributed by atoms with E-state index in [1.54, 1.807) is 26.0 Å². The number of rotatable bonds is 2. The number of aryl methyl sites for hydroxylation is 1. The summed E-state index contributed by atoms with van der Waals surface area (Å²) >= 11 is 0. The Hall–Kier alpha value is -1.18. The molecular weight excluding hydrogens is 179 g/mol. The fraction of sp³-hybridized carbons (Fsp3) is 0.417. The van der Waals surface area contributed by atoms with Gasteiger partial charge in [-0.05, 0) is 37.8 Å². The average molecular weight is 192 g/mol. The summed E-state index contributed by atoms with van der Waals surface area (Å²) in [7, 11) is 0. The second-order valence-electron chi connectivity index (χ2n) is 4.01. The highest BCUT2D eigenvalue weighted by molar-refractivity contribution is 6.00. The molecule has 0 heterocycles. The summed E-state index contributed by atoms with van der Waals surface area (Å²) in [6, 6.07) is 3.42. The first-order valence-corrected chi connectivity index (χ1v) is 4.91. The highest BCUT2D eigenvalue weighted by Crippen LogP contribution is 2.34. The van der Waals surface area contributed by atoms with Crippen LogP contribution in [0.1, 0.15) is 34.3 Å². The molecule has 0 amide bonds. The van der Waals surface area contributed by atoms with E-state index in [1.807, 2.05) is 0 Å². The van der Waals surface area contributed by atoms with Crippen molar-refractivity contribution in [3.8, 4) is 0 Å². The normalized spacial score (nSPS) is 15.6. The van der Waals surface area contributed by atoms with Crippen LogP contribution in [0, 0.1) is 25.6 Å². The number of hydrogen-bond donors (Lipinski definition) is 0. The molecule has 2 rings (SSSR count). The summed E-state index contributed by atoms with van der Waals surface area (Å²) in [4.78, 5) is 11.7. The summed E-state index contributed by atoms with van der Waals surface area (Å²) in [6.45, 7) is 3.39. The van der Waals surface area contributed by atoms with Gasteiger partial charge in [0.25, 0.3) is 0 Å². The monoisotopic (exact) mass is 192 g/mol.